The molecule has 1 aliphatic rings. The topological polar surface area (TPSA) is 81.4 Å². The minimum absolute atomic E-state index is 0.102. The zero-order valence-corrected chi connectivity index (χ0v) is 10.6. The van der Waals surface area contributed by atoms with Crippen LogP contribution < -0.4 is 11.1 Å². The monoisotopic (exact) mass is 242 g/mol. The summed E-state index contributed by atoms with van der Waals surface area (Å²) in [5.41, 5.74) is 5.25. The van der Waals surface area contributed by atoms with Gasteiger partial charge < -0.3 is 15.8 Å². The van der Waals surface area contributed by atoms with Crippen LogP contribution in [0.15, 0.2) is 0 Å². The lowest BCUT2D eigenvalue weighted by Crippen LogP contribution is -2.50. The van der Waals surface area contributed by atoms with E-state index in [4.69, 9.17) is 5.73 Å². The predicted octanol–water partition coefficient (Wildman–Crippen LogP) is 0.573. The number of carbonyl (C=O) groups excluding carboxylic acids is 2. The lowest BCUT2D eigenvalue weighted by Gasteiger charge is -2.27. The van der Waals surface area contributed by atoms with Gasteiger partial charge in [-0.3, -0.25) is 4.79 Å². The average molecular weight is 242 g/mol. The van der Waals surface area contributed by atoms with Crippen LogP contribution >= 0.6 is 0 Å². The molecule has 0 aromatic heterocycles. The Morgan fingerprint density at radius 3 is 2.41 bits per heavy atom. The van der Waals surface area contributed by atoms with E-state index in [-0.39, 0.29) is 5.91 Å². The van der Waals surface area contributed by atoms with Gasteiger partial charge in [0.15, 0.2) is 0 Å². The Morgan fingerprint density at radius 1 is 1.41 bits per heavy atom. The number of nitrogens with two attached hydrogens (primary N) is 1. The van der Waals surface area contributed by atoms with Gasteiger partial charge in [-0.2, -0.15) is 0 Å². The summed E-state index contributed by atoms with van der Waals surface area (Å²) in [6, 6.07) is -0.559. The highest BCUT2D eigenvalue weighted by Gasteiger charge is 2.41. The summed E-state index contributed by atoms with van der Waals surface area (Å²) in [7, 11) is 1.32. The number of carbonyl (C=O) groups is 2. The fourth-order valence-electron chi connectivity index (χ4n) is 2.36. The van der Waals surface area contributed by atoms with Crippen LogP contribution in [0.4, 0.5) is 0 Å². The van der Waals surface area contributed by atoms with E-state index in [1.165, 1.54) is 7.11 Å². The van der Waals surface area contributed by atoms with Gasteiger partial charge in [0.05, 0.1) is 12.5 Å². The average Bonchev–Trinajstić information content (AvgIpc) is 2.84. The molecule has 1 unspecified atom stereocenters. The van der Waals surface area contributed by atoms with Crippen molar-refractivity contribution < 1.29 is 14.3 Å². The Bertz CT molecular complexity index is 285. The van der Waals surface area contributed by atoms with Crippen molar-refractivity contribution in [2.45, 2.75) is 45.1 Å². The minimum Gasteiger partial charge on any atom is -0.467 e. The normalized spacial score (nSPS) is 19.7. The van der Waals surface area contributed by atoms with Crippen molar-refractivity contribution in [2.75, 3.05) is 13.7 Å². The fraction of sp³-hybridized carbons (Fsp3) is 0.833. The standard InChI is InChI=1S/C12H22N2O3/c1-3-9(10(15)17-2)14-11(16)12(8-13)6-4-5-7-12/h9H,3-8,13H2,1-2H3,(H,14,16). The van der Waals surface area contributed by atoms with E-state index in [1.54, 1.807) is 0 Å². The molecular weight excluding hydrogens is 220 g/mol. The van der Waals surface area contributed by atoms with Crippen LogP contribution in [0.3, 0.4) is 0 Å². The summed E-state index contributed by atoms with van der Waals surface area (Å²) in [5.74, 6) is -0.499. The predicted molar refractivity (Wildman–Crippen MR) is 64.2 cm³/mol. The molecule has 98 valence electrons. The summed E-state index contributed by atoms with van der Waals surface area (Å²) in [6.07, 6.45) is 4.21. The molecule has 1 saturated carbocycles. The molecule has 1 aliphatic carbocycles. The van der Waals surface area contributed by atoms with Crippen molar-refractivity contribution in [1.29, 1.82) is 0 Å². The first kappa shape index (κ1) is 14.0. The van der Waals surface area contributed by atoms with Crippen molar-refractivity contribution in [3.63, 3.8) is 0 Å². The van der Waals surface area contributed by atoms with Crippen LogP contribution in [-0.4, -0.2) is 31.6 Å². The summed E-state index contributed by atoms with van der Waals surface area (Å²) in [4.78, 5) is 23.6. The van der Waals surface area contributed by atoms with E-state index in [0.717, 1.165) is 25.7 Å². The summed E-state index contributed by atoms with van der Waals surface area (Å²) >= 11 is 0. The minimum atomic E-state index is -0.559. The van der Waals surface area contributed by atoms with Gasteiger partial charge in [-0.1, -0.05) is 19.8 Å². The molecule has 0 aromatic rings. The van der Waals surface area contributed by atoms with Crippen molar-refractivity contribution in [2.24, 2.45) is 11.1 Å². The Balaban J connectivity index is 2.66. The van der Waals surface area contributed by atoms with Crippen LogP contribution in [0.2, 0.25) is 0 Å². The molecule has 1 amide bonds. The zero-order valence-electron chi connectivity index (χ0n) is 10.6. The molecule has 1 fully saturated rings. The van der Waals surface area contributed by atoms with E-state index in [9.17, 15) is 9.59 Å². The highest BCUT2D eigenvalue weighted by Crippen LogP contribution is 2.37. The number of rotatable bonds is 5. The lowest BCUT2D eigenvalue weighted by molar-refractivity contribution is -0.146. The van der Waals surface area contributed by atoms with E-state index < -0.39 is 17.4 Å². The van der Waals surface area contributed by atoms with Gasteiger partial charge in [0.2, 0.25) is 5.91 Å². The van der Waals surface area contributed by atoms with Crippen LogP contribution in [0.25, 0.3) is 0 Å². The number of esters is 1. The maximum atomic E-state index is 12.2. The Kier molecular flexibility index (Phi) is 4.93. The highest BCUT2D eigenvalue weighted by atomic mass is 16.5. The third kappa shape index (κ3) is 2.97. The number of hydrogen-bond acceptors (Lipinski definition) is 4. The third-order valence-electron chi connectivity index (χ3n) is 3.63. The SMILES string of the molecule is CCC(NC(=O)C1(CN)CCCC1)C(=O)OC. The molecule has 0 saturated heterocycles. The molecule has 0 aliphatic heterocycles. The number of nitrogens with one attached hydrogen (secondary N) is 1. The van der Waals surface area contributed by atoms with Crippen LogP contribution in [-0.2, 0) is 14.3 Å². The molecule has 0 aromatic carbocycles. The van der Waals surface area contributed by atoms with Gasteiger partial charge in [0.25, 0.3) is 0 Å². The molecule has 5 heteroatoms. The van der Waals surface area contributed by atoms with E-state index >= 15 is 0 Å². The first-order valence-electron chi connectivity index (χ1n) is 6.18. The second kappa shape index (κ2) is 6.00. The van der Waals surface area contributed by atoms with Crippen LogP contribution in [0.5, 0.6) is 0 Å². The number of amides is 1. The third-order valence-corrected chi connectivity index (χ3v) is 3.63. The van der Waals surface area contributed by atoms with Gasteiger partial charge in [-0.05, 0) is 19.3 Å². The Labute approximate surface area is 102 Å². The first-order valence-corrected chi connectivity index (χ1v) is 6.18. The van der Waals surface area contributed by atoms with Gasteiger partial charge in [0, 0.05) is 6.54 Å². The summed E-state index contributed by atoms with van der Waals surface area (Å²) < 4.78 is 4.65. The second-order valence-corrected chi connectivity index (χ2v) is 4.65. The van der Waals surface area contributed by atoms with E-state index in [0.29, 0.717) is 13.0 Å². The molecule has 0 radical (unpaired) electrons. The molecule has 0 heterocycles. The maximum absolute atomic E-state index is 12.2. The lowest BCUT2D eigenvalue weighted by atomic mass is 9.85. The first-order chi connectivity index (χ1) is 8.09. The largest absolute Gasteiger partial charge is 0.467 e. The molecule has 3 N–H and O–H groups in total. The van der Waals surface area contributed by atoms with Gasteiger partial charge >= 0.3 is 5.97 Å². The maximum Gasteiger partial charge on any atom is 0.328 e. The van der Waals surface area contributed by atoms with Crippen molar-refractivity contribution >= 4 is 11.9 Å². The van der Waals surface area contributed by atoms with E-state index in [1.807, 2.05) is 6.92 Å². The molecule has 5 nitrogen and oxygen atoms in total. The van der Waals surface area contributed by atoms with Crippen molar-refractivity contribution in [3.8, 4) is 0 Å². The Hall–Kier alpha value is -1.10. The summed E-state index contributed by atoms with van der Waals surface area (Å²) in [5, 5.41) is 2.76. The summed E-state index contributed by atoms with van der Waals surface area (Å²) in [6.45, 7) is 2.18. The number of ether oxygens (including phenoxy) is 1. The van der Waals surface area contributed by atoms with Crippen molar-refractivity contribution in [3.05, 3.63) is 0 Å². The zero-order chi connectivity index (χ0) is 12.9. The smallest absolute Gasteiger partial charge is 0.328 e. The quantitative estimate of drug-likeness (QED) is 0.691. The van der Waals surface area contributed by atoms with Crippen molar-refractivity contribution in [1.82, 2.24) is 5.32 Å². The van der Waals surface area contributed by atoms with Gasteiger partial charge in [-0.25, -0.2) is 4.79 Å². The number of methoxy groups -OCH3 is 1. The van der Waals surface area contributed by atoms with Gasteiger partial charge in [0.1, 0.15) is 6.04 Å². The molecule has 1 rings (SSSR count). The highest BCUT2D eigenvalue weighted by molar-refractivity contribution is 5.88. The number of hydrogen-bond donors (Lipinski definition) is 2. The molecule has 17 heavy (non-hydrogen) atoms. The van der Waals surface area contributed by atoms with E-state index in [2.05, 4.69) is 10.1 Å². The molecular formula is C12H22N2O3. The molecule has 0 bridgehead atoms. The Morgan fingerprint density at radius 2 is 2.00 bits per heavy atom. The second-order valence-electron chi connectivity index (χ2n) is 4.65. The van der Waals surface area contributed by atoms with Crippen LogP contribution in [0, 0.1) is 5.41 Å². The van der Waals surface area contributed by atoms with Gasteiger partial charge in [-0.15, -0.1) is 0 Å². The molecule has 0 spiro atoms. The van der Waals surface area contributed by atoms with Crippen LogP contribution in [0.1, 0.15) is 39.0 Å². The fourth-order valence-corrected chi connectivity index (χ4v) is 2.36. The molecule has 1 atom stereocenters.